The Morgan fingerprint density at radius 3 is 2.56 bits per heavy atom. The Bertz CT molecular complexity index is 485. The molecule has 1 heterocycles. The average Bonchev–Trinajstić information content (AvgIpc) is 2.82. The van der Waals surface area contributed by atoms with E-state index in [0.29, 0.717) is 18.6 Å². The number of nitrogens with zero attached hydrogens (tertiary/aromatic N) is 1. The van der Waals surface area contributed by atoms with Gasteiger partial charge in [0.05, 0.1) is 12.8 Å². The van der Waals surface area contributed by atoms with Gasteiger partial charge in [0, 0.05) is 6.54 Å². The Labute approximate surface area is 107 Å². The summed E-state index contributed by atoms with van der Waals surface area (Å²) in [4.78, 5) is 2.06. The number of rotatable bonds is 5. The maximum absolute atomic E-state index is 9.29. The third-order valence-electron chi connectivity index (χ3n) is 2.78. The van der Waals surface area contributed by atoms with E-state index < -0.39 is 7.12 Å². The van der Waals surface area contributed by atoms with Crippen LogP contribution >= 0.6 is 0 Å². The summed E-state index contributed by atoms with van der Waals surface area (Å²) in [5.41, 5.74) is 1.45. The minimum Gasteiger partial charge on any atom is -0.468 e. The maximum Gasteiger partial charge on any atom is 0.488 e. The molecule has 0 radical (unpaired) electrons. The van der Waals surface area contributed by atoms with Crippen LogP contribution in [0.25, 0.3) is 0 Å². The van der Waals surface area contributed by atoms with E-state index in [1.165, 1.54) is 0 Å². The third kappa shape index (κ3) is 3.23. The van der Waals surface area contributed by atoms with Gasteiger partial charge < -0.3 is 14.5 Å². The number of benzene rings is 1. The molecule has 2 aromatic rings. The Morgan fingerprint density at radius 2 is 1.89 bits per heavy atom. The zero-order valence-corrected chi connectivity index (χ0v) is 10.3. The fourth-order valence-corrected chi connectivity index (χ4v) is 1.95. The minimum absolute atomic E-state index is 0.545. The highest BCUT2D eigenvalue weighted by Gasteiger charge is 2.16. The summed E-state index contributed by atoms with van der Waals surface area (Å²) < 4.78 is 5.28. The van der Waals surface area contributed by atoms with Crippen molar-refractivity contribution in [1.82, 2.24) is 4.90 Å². The highest BCUT2D eigenvalue weighted by atomic mass is 16.4. The first-order valence-corrected chi connectivity index (χ1v) is 5.81. The lowest BCUT2D eigenvalue weighted by molar-refractivity contribution is 0.288. The number of hydrogen-bond donors (Lipinski definition) is 2. The molecule has 5 heteroatoms. The van der Waals surface area contributed by atoms with Crippen molar-refractivity contribution in [3.05, 3.63) is 54.0 Å². The molecule has 0 aliphatic carbocycles. The summed E-state index contributed by atoms with van der Waals surface area (Å²) >= 11 is 0. The molecule has 0 aliphatic rings. The fourth-order valence-electron chi connectivity index (χ4n) is 1.95. The van der Waals surface area contributed by atoms with Crippen LogP contribution in [0.4, 0.5) is 0 Å². The van der Waals surface area contributed by atoms with Gasteiger partial charge in [0.1, 0.15) is 5.76 Å². The van der Waals surface area contributed by atoms with Crippen LogP contribution in [-0.2, 0) is 13.1 Å². The first kappa shape index (κ1) is 12.9. The number of furan rings is 1. The monoisotopic (exact) mass is 245 g/mol. The van der Waals surface area contributed by atoms with Crippen LogP contribution in [0.5, 0.6) is 0 Å². The molecule has 0 saturated carbocycles. The molecule has 0 spiro atoms. The lowest BCUT2D eigenvalue weighted by atomic mass is 9.77. The predicted molar refractivity (Wildman–Crippen MR) is 70.1 cm³/mol. The topological polar surface area (TPSA) is 56.8 Å². The van der Waals surface area contributed by atoms with Crippen LogP contribution < -0.4 is 5.46 Å². The van der Waals surface area contributed by atoms with Gasteiger partial charge in [0.25, 0.3) is 0 Å². The molecular formula is C13H16BNO3. The van der Waals surface area contributed by atoms with Crippen LogP contribution in [0.1, 0.15) is 11.3 Å². The molecule has 0 unspecified atom stereocenters. The van der Waals surface area contributed by atoms with Gasteiger partial charge in [0.15, 0.2) is 0 Å². The molecule has 1 aromatic heterocycles. The molecular weight excluding hydrogens is 229 g/mol. The summed E-state index contributed by atoms with van der Waals surface area (Å²) in [5.74, 6) is 0.888. The molecule has 0 atom stereocenters. The highest BCUT2D eigenvalue weighted by molar-refractivity contribution is 6.59. The van der Waals surface area contributed by atoms with E-state index in [4.69, 9.17) is 4.42 Å². The van der Waals surface area contributed by atoms with Gasteiger partial charge in [-0.15, -0.1) is 0 Å². The predicted octanol–water partition coefficient (Wildman–Crippen LogP) is 0.591. The summed E-state index contributed by atoms with van der Waals surface area (Å²) in [6, 6.07) is 11.1. The van der Waals surface area contributed by atoms with Crippen molar-refractivity contribution in [2.45, 2.75) is 13.1 Å². The van der Waals surface area contributed by atoms with Gasteiger partial charge in [-0.2, -0.15) is 0 Å². The average molecular weight is 245 g/mol. The molecule has 0 saturated heterocycles. The fraction of sp³-hybridized carbons (Fsp3) is 0.231. The van der Waals surface area contributed by atoms with Crippen LogP contribution in [-0.4, -0.2) is 29.1 Å². The second kappa shape index (κ2) is 5.86. The van der Waals surface area contributed by atoms with Gasteiger partial charge >= 0.3 is 7.12 Å². The molecule has 18 heavy (non-hydrogen) atoms. The Morgan fingerprint density at radius 1 is 1.11 bits per heavy atom. The van der Waals surface area contributed by atoms with Crippen molar-refractivity contribution in [1.29, 1.82) is 0 Å². The van der Waals surface area contributed by atoms with Crippen LogP contribution in [0.3, 0.4) is 0 Å². The smallest absolute Gasteiger partial charge is 0.468 e. The van der Waals surface area contributed by atoms with Crippen molar-refractivity contribution >= 4 is 12.6 Å². The van der Waals surface area contributed by atoms with E-state index in [1.54, 1.807) is 18.4 Å². The lowest BCUT2D eigenvalue weighted by Gasteiger charge is -2.17. The lowest BCUT2D eigenvalue weighted by Crippen LogP contribution is -2.34. The first-order valence-electron chi connectivity index (χ1n) is 5.81. The van der Waals surface area contributed by atoms with Crippen molar-refractivity contribution in [3.63, 3.8) is 0 Å². The summed E-state index contributed by atoms with van der Waals surface area (Å²) in [5, 5.41) is 18.6. The van der Waals surface area contributed by atoms with E-state index in [1.807, 2.05) is 31.3 Å². The SMILES string of the molecule is CN(Cc1ccco1)Cc1ccccc1B(O)O. The summed E-state index contributed by atoms with van der Waals surface area (Å²) in [6.07, 6.45) is 1.65. The molecule has 0 bridgehead atoms. The second-order valence-electron chi connectivity index (χ2n) is 4.32. The molecule has 2 rings (SSSR count). The van der Waals surface area contributed by atoms with Gasteiger partial charge in [-0.1, -0.05) is 24.3 Å². The largest absolute Gasteiger partial charge is 0.488 e. The van der Waals surface area contributed by atoms with Gasteiger partial charge in [0.2, 0.25) is 0 Å². The highest BCUT2D eigenvalue weighted by Crippen LogP contribution is 2.07. The van der Waals surface area contributed by atoms with E-state index >= 15 is 0 Å². The molecule has 0 amide bonds. The van der Waals surface area contributed by atoms with Gasteiger partial charge in [-0.3, -0.25) is 4.90 Å². The van der Waals surface area contributed by atoms with Crippen molar-refractivity contribution in [2.24, 2.45) is 0 Å². The standard InChI is InChI=1S/C13H16BNO3/c1-15(10-12-6-4-8-18-12)9-11-5-2-3-7-13(11)14(16)17/h2-8,16-17H,9-10H2,1H3. The molecule has 4 nitrogen and oxygen atoms in total. The summed E-state index contributed by atoms with van der Waals surface area (Å²) in [7, 11) is 0.529. The van der Waals surface area contributed by atoms with Crippen molar-refractivity contribution in [3.8, 4) is 0 Å². The zero-order valence-electron chi connectivity index (χ0n) is 10.3. The Hall–Kier alpha value is -1.56. The van der Waals surface area contributed by atoms with E-state index in [9.17, 15) is 10.0 Å². The van der Waals surface area contributed by atoms with E-state index in [0.717, 1.165) is 11.3 Å². The first-order chi connectivity index (χ1) is 8.66. The van der Waals surface area contributed by atoms with Crippen molar-refractivity contribution in [2.75, 3.05) is 7.05 Å². The Balaban J connectivity index is 2.04. The number of hydrogen-bond acceptors (Lipinski definition) is 4. The quantitative estimate of drug-likeness (QED) is 0.757. The second-order valence-corrected chi connectivity index (χ2v) is 4.32. The molecule has 0 fully saturated rings. The van der Waals surface area contributed by atoms with E-state index in [2.05, 4.69) is 4.90 Å². The van der Waals surface area contributed by atoms with Gasteiger partial charge in [-0.05, 0) is 30.2 Å². The van der Waals surface area contributed by atoms with E-state index in [-0.39, 0.29) is 0 Å². The molecule has 94 valence electrons. The van der Waals surface area contributed by atoms with Crippen LogP contribution in [0, 0.1) is 0 Å². The maximum atomic E-state index is 9.29. The van der Waals surface area contributed by atoms with Crippen LogP contribution in [0.2, 0.25) is 0 Å². The molecule has 2 N–H and O–H groups in total. The molecule has 1 aromatic carbocycles. The molecule has 0 aliphatic heterocycles. The minimum atomic E-state index is -1.43. The summed E-state index contributed by atoms with van der Waals surface area (Å²) in [6.45, 7) is 1.32. The Kier molecular flexibility index (Phi) is 4.20. The normalized spacial score (nSPS) is 10.9. The van der Waals surface area contributed by atoms with Crippen LogP contribution in [0.15, 0.2) is 47.1 Å². The zero-order chi connectivity index (χ0) is 13.0. The van der Waals surface area contributed by atoms with Gasteiger partial charge in [-0.25, -0.2) is 0 Å². The van der Waals surface area contributed by atoms with Crippen molar-refractivity contribution < 1.29 is 14.5 Å². The third-order valence-corrected chi connectivity index (χ3v) is 2.78.